The summed E-state index contributed by atoms with van der Waals surface area (Å²) in [5.74, 6) is -0.897. The molecule has 0 aromatic carbocycles. The number of primary amides is 1. The molecule has 0 saturated heterocycles. The number of hydrogen-bond donors (Lipinski definition) is 3. The molecular formula is C8H16N2O3. The van der Waals surface area contributed by atoms with Gasteiger partial charge < -0.3 is 16.2 Å². The first-order chi connectivity index (χ1) is 5.98. The van der Waals surface area contributed by atoms with Crippen LogP contribution in [0, 0.1) is 5.41 Å². The van der Waals surface area contributed by atoms with Gasteiger partial charge in [0.2, 0.25) is 0 Å². The number of rotatable bonds is 5. The lowest BCUT2D eigenvalue weighted by Crippen LogP contribution is -2.44. The molecule has 0 bridgehead atoms. The Morgan fingerprint density at radius 1 is 1.38 bits per heavy atom. The molecule has 0 atom stereocenters. The highest BCUT2D eigenvalue weighted by Gasteiger charge is 2.34. The molecule has 76 valence electrons. The molecule has 0 unspecified atom stereocenters. The molecule has 0 rings (SSSR count). The van der Waals surface area contributed by atoms with E-state index in [1.54, 1.807) is 13.8 Å². The van der Waals surface area contributed by atoms with Crippen LogP contribution in [0.1, 0.15) is 26.7 Å². The maximum absolute atomic E-state index is 10.9. The van der Waals surface area contributed by atoms with Gasteiger partial charge in [-0.1, -0.05) is 13.8 Å². The monoisotopic (exact) mass is 188 g/mol. The van der Waals surface area contributed by atoms with E-state index in [9.17, 15) is 9.59 Å². The van der Waals surface area contributed by atoms with Gasteiger partial charge in [0.1, 0.15) is 0 Å². The molecule has 5 nitrogen and oxygen atoms in total. The Kier molecular flexibility index (Phi) is 4.23. The molecule has 0 heterocycles. The van der Waals surface area contributed by atoms with Crippen molar-refractivity contribution in [3.63, 3.8) is 0 Å². The minimum Gasteiger partial charge on any atom is -0.481 e. The zero-order valence-electron chi connectivity index (χ0n) is 7.96. The molecule has 0 spiro atoms. The van der Waals surface area contributed by atoms with Crippen molar-refractivity contribution in [3.05, 3.63) is 0 Å². The summed E-state index contributed by atoms with van der Waals surface area (Å²) in [6.45, 7) is 3.64. The van der Waals surface area contributed by atoms with E-state index in [0.29, 0.717) is 12.8 Å². The summed E-state index contributed by atoms with van der Waals surface area (Å²) in [6.07, 6.45) is 0.943. The van der Waals surface area contributed by atoms with Crippen LogP contribution in [0.4, 0.5) is 4.79 Å². The first-order valence-electron chi connectivity index (χ1n) is 4.25. The minimum atomic E-state index is -0.897. The average molecular weight is 188 g/mol. The van der Waals surface area contributed by atoms with Crippen LogP contribution in [0.25, 0.3) is 0 Å². The molecule has 0 aliphatic heterocycles. The standard InChI is InChI=1S/C8H16N2O3/c1-3-8(4-2,6(11)12)5-10-7(9)13/h3-5H2,1-2H3,(H,11,12)(H3,9,10,13). The third-order valence-electron chi connectivity index (χ3n) is 2.41. The average Bonchev–Trinajstić information content (AvgIpc) is 2.06. The number of hydrogen-bond acceptors (Lipinski definition) is 2. The molecule has 0 aromatic heterocycles. The number of carbonyl (C=O) groups excluding carboxylic acids is 1. The summed E-state index contributed by atoms with van der Waals surface area (Å²) in [4.78, 5) is 21.3. The summed E-state index contributed by atoms with van der Waals surface area (Å²) in [5.41, 5.74) is 3.99. The van der Waals surface area contributed by atoms with Crippen molar-refractivity contribution in [3.8, 4) is 0 Å². The van der Waals surface area contributed by atoms with Gasteiger partial charge in [-0.3, -0.25) is 4.79 Å². The second-order valence-electron chi connectivity index (χ2n) is 3.01. The van der Waals surface area contributed by atoms with Crippen molar-refractivity contribution in [1.29, 1.82) is 0 Å². The van der Waals surface area contributed by atoms with E-state index < -0.39 is 17.4 Å². The van der Waals surface area contributed by atoms with Crippen LogP contribution in [0.3, 0.4) is 0 Å². The first-order valence-corrected chi connectivity index (χ1v) is 4.25. The summed E-state index contributed by atoms with van der Waals surface area (Å²) >= 11 is 0. The lowest BCUT2D eigenvalue weighted by atomic mass is 9.82. The zero-order valence-corrected chi connectivity index (χ0v) is 7.96. The molecule has 0 radical (unpaired) electrons. The quantitative estimate of drug-likeness (QED) is 0.588. The van der Waals surface area contributed by atoms with Gasteiger partial charge in [0.05, 0.1) is 5.41 Å². The van der Waals surface area contributed by atoms with Crippen molar-refractivity contribution in [2.45, 2.75) is 26.7 Å². The molecule has 0 aliphatic rings. The number of amides is 2. The third kappa shape index (κ3) is 2.93. The third-order valence-corrected chi connectivity index (χ3v) is 2.41. The Hall–Kier alpha value is -1.26. The van der Waals surface area contributed by atoms with E-state index in [1.165, 1.54) is 0 Å². The fraction of sp³-hybridized carbons (Fsp3) is 0.750. The Balaban J connectivity index is 4.39. The van der Waals surface area contributed by atoms with Crippen LogP contribution in [0.2, 0.25) is 0 Å². The van der Waals surface area contributed by atoms with E-state index in [0.717, 1.165) is 0 Å². The second kappa shape index (κ2) is 4.69. The van der Waals surface area contributed by atoms with Crippen molar-refractivity contribution >= 4 is 12.0 Å². The van der Waals surface area contributed by atoms with Crippen LogP contribution < -0.4 is 11.1 Å². The summed E-state index contributed by atoms with van der Waals surface area (Å²) in [5, 5.41) is 11.3. The van der Waals surface area contributed by atoms with Crippen LogP contribution in [0.15, 0.2) is 0 Å². The topological polar surface area (TPSA) is 92.4 Å². The van der Waals surface area contributed by atoms with Crippen LogP contribution >= 0.6 is 0 Å². The van der Waals surface area contributed by atoms with Crippen molar-refractivity contribution < 1.29 is 14.7 Å². The van der Waals surface area contributed by atoms with E-state index in [1.807, 2.05) is 0 Å². The molecule has 13 heavy (non-hydrogen) atoms. The highest BCUT2D eigenvalue weighted by atomic mass is 16.4. The van der Waals surface area contributed by atoms with E-state index in [4.69, 9.17) is 10.8 Å². The number of aliphatic carboxylic acids is 1. The van der Waals surface area contributed by atoms with Crippen LogP contribution in [-0.4, -0.2) is 23.7 Å². The summed E-state index contributed by atoms with van der Waals surface area (Å²) in [6, 6.07) is -0.687. The fourth-order valence-electron chi connectivity index (χ4n) is 1.13. The van der Waals surface area contributed by atoms with Gasteiger partial charge in [0.15, 0.2) is 0 Å². The van der Waals surface area contributed by atoms with Crippen LogP contribution in [0.5, 0.6) is 0 Å². The molecule has 0 saturated carbocycles. The number of urea groups is 1. The number of carboxylic acids is 1. The Morgan fingerprint density at radius 2 is 1.85 bits per heavy atom. The SMILES string of the molecule is CCC(CC)(CNC(N)=O)C(=O)O. The van der Waals surface area contributed by atoms with Gasteiger partial charge in [0.25, 0.3) is 0 Å². The van der Waals surface area contributed by atoms with E-state index in [-0.39, 0.29) is 6.54 Å². The molecule has 5 heteroatoms. The first kappa shape index (κ1) is 11.7. The van der Waals surface area contributed by atoms with Crippen LogP contribution in [-0.2, 0) is 4.79 Å². The lowest BCUT2D eigenvalue weighted by molar-refractivity contribution is -0.149. The van der Waals surface area contributed by atoms with Gasteiger partial charge in [-0.15, -0.1) is 0 Å². The lowest BCUT2D eigenvalue weighted by Gasteiger charge is -2.26. The maximum Gasteiger partial charge on any atom is 0.312 e. The summed E-state index contributed by atoms with van der Waals surface area (Å²) in [7, 11) is 0. The maximum atomic E-state index is 10.9. The number of carboxylic acid groups (broad SMARTS) is 1. The van der Waals surface area contributed by atoms with Crippen molar-refractivity contribution in [1.82, 2.24) is 5.32 Å². The van der Waals surface area contributed by atoms with Gasteiger partial charge in [-0.05, 0) is 12.8 Å². The summed E-state index contributed by atoms with van der Waals surface area (Å²) < 4.78 is 0. The van der Waals surface area contributed by atoms with Gasteiger partial charge in [-0.2, -0.15) is 0 Å². The minimum absolute atomic E-state index is 0.0880. The van der Waals surface area contributed by atoms with Gasteiger partial charge >= 0.3 is 12.0 Å². The predicted octanol–water partition coefficient (Wildman–Crippen LogP) is 0.546. The molecule has 0 fully saturated rings. The zero-order chi connectivity index (χ0) is 10.5. The molecule has 0 aliphatic carbocycles. The Morgan fingerprint density at radius 3 is 2.08 bits per heavy atom. The normalized spacial score (nSPS) is 10.9. The Labute approximate surface area is 77.3 Å². The highest BCUT2D eigenvalue weighted by molar-refractivity contribution is 5.77. The smallest absolute Gasteiger partial charge is 0.312 e. The predicted molar refractivity (Wildman–Crippen MR) is 48.2 cm³/mol. The second-order valence-corrected chi connectivity index (χ2v) is 3.01. The molecule has 2 amide bonds. The molecule has 0 aromatic rings. The van der Waals surface area contributed by atoms with Crippen molar-refractivity contribution in [2.24, 2.45) is 11.1 Å². The van der Waals surface area contributed by atoms with E-state index in [2.05, 4.69) is 5.32 Å². The number of carbonyl (C=O) groups is 2. The number of nitrogens with one attached hydrogen (secondary N) is 1. The molecular weight excluding hydrogens is 172 g/mol. The number of nitrogens with two attached hydrogens (primary N) is 1. The van der Waals surface area contributed by atoms with Crippen molar-refractivity contribution in [2.75, 3.05) is 6.54 Å². The van der Waals surface area contributed by atoms with Gasteiger partial charge in [-0.25, -0.2) is 4.79 Å². The fourth-order valence-corrected chi connectivity index (χ4v) is 1.13. The largest absolute Gasteiger partial charge is 0.481 e. The molecule has 4 N–H and O–H groups in total. The highest BCUT2D eigenvalue weighted by Crippen LogP contribution is 2.25. The van der Waals surface area contributed by atoms with Gasteiger partial charge in [0, 0.05) is 6.54 Å². The Bertz CT molecular complexity index is 200. The van der Waals surface area contributed by atoms with E-state index >= 15 is 0 Å².